The summed E-state index contributed by atoms with van der Waals surface area (Å²) in [5.74, 6) is 0. The van der Waals surface area contributed by atoms with E-state index in [0.717, 1.165) is 0 Å². The van der Waals surface area contributed by atoms with Crippen molar-refractivity contribution in [2.45, 2.75) is 167 Å². The maximum Gasteiger partial charge on any atom is 0.0801 e. The molecule has 2 aliphatic rings. The number of hydrogen-bond acceptors (Lipinski definition) is 4. The molecule has 0 atom stereocenters. The molecule has 230 valence electrons. The van der Waals surface area contributed by atoms with E-state index >= 15 is 0 Å². The zero-order valence-corrected chi connectivity index (χ0v) is 28.8. The van der Waals surface area contributed by atoms with Gasteiger partial charge < -0.3 is 0 Å². The van der Waals surface area contributed by atoms with Crippen LogP contribution in [0.2, 0.25) is 0 Å². The molecule has 0 aliphatic heterocycles. The maximum atomic E-state index is 5.19. The lowest BCUT2D eigenvalue weighted by Gasteiger charge is -2.33. The van der Waals surface area contributed by atoms with Gasteiger partial charge in [-0.1, -0.05) is 130 Å². The summed E-state index contributed by atoms with van der Waals surface area (Å²) in [4.78, 5) is 13.3. The molecule has 0 saturated heterocycles. The first kappa shape index (κ1) is 31.9. The molecule has 2 nitrogen and oxygen atoms in total. The van der Waals surface area contributed by atoms with Crippen LogP contribution in [0.25, 0.3) is 20.9 Å². The predicted octanol–water partition coefficient (Wildman–Crippen LogP) is 13.0. The molecular formula is C38H56N2S2. The highest BCUT2D eigenvalue weighted by Gasteiger charge is 2.50. The first-order valence-corrected chi connectivity index (χ1v) is 19.5. The quantitative estimate of drug-likeness (QED) is 0.120. The summed E-state index contributed by atoms with van der Waals surface area (Å²) < 4.78 is 0. The van der Waals surface area contributed by atoms with Crippen molar-refractivity contribution in [1.29, 1.82) is 0 Å². The lowest BCUT2D eigenvalue weighted by molar-refractivity contribution is 0.390. The van der Waals surface area contributed by atoms with E-state index in [9.17, 15) is 0 Å². The van der Waals surface area contributed by atoms with Crippen molar-refractivity contribution < 1.29 is 0 Å². The molecule has 0 unspecified atom stereocenters. The van der Waals surface area contributed by atoms with E-state index in [1.165, 1.54) is 161 Å². The topological polar surface area (TPSA) is 25.8 Å². The van der Waals surface area contributed by atoms with Crippen LogP contribution in [-0.4, -0.2) is 9.97 Å². The van der Waals surface area contributed by atoms with E-state index in [4.69, 9.17) is 9.97 Å². The monoisotopic (exact) mass is 604 g/mol. The van der Waals surface area contributed by atoms with Crippen molar-refractivity contribution in [3.8, 4) is 20.9 Å². The van der Waals surface area contributed by atoms with Crippen LogP contribution in [-0.2, 0) is 10.8 Å². The Morgan fingerprint density at radius 2 is 0.810 bits per heavy atom. The molecule has 4 heteroatoms. The number of aromatic nitrogens is 2. The van der Waals surface area contributed by atoms with Crippen LogP contribution in [0.3, 0.4) is 0 Å². The minimum absolute atomic E-state index is 0.0829. The number of benzene rings is 1. The zero-order valence-electron chi connectivity index (χ0n) is 27.2. The average Bonchev–Trinajstić information content (AvgIpc) is 3.78. The van der Waals surface area contributed by atoms with E-state index in [1.54, 1.807) is 11.1 Å². The van der Waals surface area contributed by atoms with Gasteiger partial charge in [-0.05, 0) is 60.1 Å². The first-order valence-electron chi connectivity index (χ1n) is 17.7. The van der Waals surface area contributed by atoms with Crippen LogP contribution in [0.1, 0.15) is 179 Å². The van der Waals surface area contributed by atoms with Gasteiger partial charge >= 0.3 is 0 Å². The third-order valence-electron chi connectivity index (χ3n) is 10.5. The SMILES string of the molecule is CCCCCCC1(CCCCCC)c2cc3c(cc2-c2scnc21)C(CCCCCC)(CCCCCC)c1ncsc1-3. The number of thiazole rings is 2. The van der Waals surface area contributed by atoms with Gasteiger partial charge in [0.1, 0.15) is 0 Å². The molecule has 3 aromatic rings. The van der Waals surface area contributed by atoms with Crippen LogP contribution in [0, 0.1) is 0 Å². The number of unbranched alkanes of at least 4 members (excludes halogenated alkanes) is 12. The van der Waals surface area contributed by atoms with Gasteiger partial charge in [0.25, 0.3) is 0 Å². The van der Waals surface area contributed by atoms with Crippen molar-refractivity contribution >= 4 is 22.7 Å². The molecular weight excluding hydrogens is 549 g/mol. The maximum absolute atomic E-state index is 5.19. The molecule has 0 spiro atoms. The first-order chi connectivity index (χ1) is 20.7. The van der Waals surface area contributed by atoms with E-state index < -0.39 is 0 Å². The Kier molecular flexibility index (Phi) is 11.4. The van der Waals surface area contributed by atoms with E-state index in [0.29, 0.717) is 0 Å². The summed E-state index contributed by atoms with van der Waals surface area (Å²) >= 11 is 3.80. The molecule has 2 aliphatic carbocycles. The minimum atomic E-state index is 0.0829. The smallest absolute Gasteiger partial charge is 0.0801 e. The van der Waals surface area contributed by atoms with Gasteiger partial charge in [0.2, 0.25) is 0 Å². The number of nitrogens with zero attached hydrogens (tertiary/aromatic N) is 2. The minimum Gasteiger partial charge on any atom is -0.248 e. The molecule has 1 aromatic carbocycles. The van der Waals surface area contributed by atoms with Crippen molar-refractivity contribution in [2.75, 3.05) is 0 Å². The van der Waals surface area contributed by atoms with Crippen molar-refractivity contribution in [3.05, 3.63) is 45.7 Å². The van der Waals surface area contributed by atoms with Crippen LogP contribution in [0.15, 0.2) is 23.2 Å². The summed E-state index contributed by atoms with van der Waals surface area (Å²) in [6.45, 7) is 9.32. The number of fused-ring (bicyclic) bond motifs is 6. The van der Waals surface area contributed by atoms with E-state index in [-0.39, 0.29) is 10.8 Å². The fraction of sp³-hybridized carbons (Fsp3) is 0.684. The Balaban J connectivity index is 1.60. The molecule has 0 saturated carbocycles. The van der Waals surface area contributed by atoms with Crippen molar-refractivity contribution in [1.82, 2.24) is 9.97 Å². The molecule has 0 fully saturated rings. The fourth-order valence-corrected chi connectivity index (χ4v) is 10.1. The number of rotatable bonds is 20. The molecule has 2 heterocycles. The number of hydrogen-bond donors (Lipinski definition) is 0. The standard InChI is InChI=1S/C38H56N2S2/c1-5-9-13-17-21-37(22-18-14-10-6-2)31-25-30-32(26-29(31)33-35(37)39-27-41-33)38(23-19-15-11-7-3,24-20-16-12-8-4)36-34(30)42-28-40-36/h25-28H,5-24H2,1-4H3. The van der Waals surface area contributed by atoms with Crippen LogP contribution in [0.5, 0.6) is 0 Å². The second-order valence-corrected chi connectivity index (χ2v) is 15.1. The lowest BCUT2D eigenvalue weighted by atomic mass is 9.70. The highest BCUT2D eigenvalue weighted by Crippen LogP contribution is 2.61. The lowest BCUT2D eigenvalue weighted by Crippen LogP contribution is -2.27. The Morgan fingerprint density at radius 1 is 0.476 bits per heavy atom. The second-order valence-electron chi connectivity index (χ2n) is 13.4. The Labute approximate surface area is 265 Å². The van der Waals surface area contributed by atoms with Gasteiger partial charge in [0, 0.05) is 10.8 Å². The van der Waals surface area contributed by atoms with Gasteiger partial charge in [-0.3, -0.25) is 0 Å². The van der Waals surface area contributed by atoms with Gasteiger partial charge in [-0.15, -0.1) is 22.7 Å². The van der Waals surface area contributed by atoms with Gasteiger partial charge in [-0.25, -0.2) is 9.97 Å². The van der Waals surface area contributed by atoms with Crippen LogP contribution >= 0.6 is 22.7 Å². The molecule has 5 rings (SSSR count). The Hall–Kier alpha value is -1.52. The highest BCUT2D eigenvalue weighted by molar-refractivity contribution is 7.14. The highest BCUT2D eigenvalue weighted by atomic mass is 32.1. The molecule has 0 radical (unpaired) electrons. The summed E-state index contributed by atoms with van der Waals surface area (Å²) in [5, 5.41) is 0. The van der Waals surface area contributed by atoms with Crippen molar-refractivity contribution in [3.63, 3.8) is 0 Å². The van der Waals surface area contributed by atoms with Gasteiger partial charge in [0.05, 0.1) is 32.2 Å². The Bertz CT molecular complexity index is 1150. The van der Waals surface area contributed by atoms with Crippen molar-refractivity contribution in [2.24, 2.45) is 0 Å². The Morgan fingerprint density at radius 3 is 1.12 bits per heavy atom. The summed E-state index contributed by atoms with van der Waals surface area (Å²) in [7, 11) is 0. The fourth-order valence-electron chi connectivity index (χ4n) is 8.26. The van der Waals surface area contributed by atoms with Gasteiger partial charge in [-0.2, -0.15) is 0 Å². The van der Waals surface area contributed by atoms with Crippen LogP contribution in [0.4, 0.5) is 0 Å². The van der Waals surface area contributed by atoms with E-state index in [1.807, 2.05) is 22.7 Å². The predicted molar refractivity (Wildman–Crippen MR) is 185 cm³/mol. The largest absolute Gasteiger partial charge is 0.248 e. The molecule has 0 bridgehead atoms. The average molecular weight is 605 g/mol. The summed E-state index contributed by atoms with van der Waals surface area (Å²) in [6.07, 6.45) is 26.1. The molecule has 42 heavy (non-hydrogen) atoms. The molecule has 0 N–H and O–H groups in total. The third kappa shape index (κ3) is 6.06. The van der Waals surface area contributed by atoms with Crippen LogP contribution < -0.4 is 0 Å². The van der Waals surface area contributed by atoms with E-state index in [2.05, 4.69) is 50.8 Å². The second kappa shape index (κ2) is 15.0. The summed E-state index contributed by atoms with van der Waals surface area (Å²) in [6, 6.07) is 5.38. The summed E-state index contributed by atoms with van der Waals surface area (Å²) in [5.41, 5.74) is 13.6. The van der Waals surface area contributed by atoms with Gasteiger partial charge in [0.15, 0.2) is 0 Å². The zero-order chi connectivity index (χ0) is 29.4. The third-order valence-corrected chi connectivity index (χ3v) is 12.3. The molecule has 2 aromatic heterocycles. The normalized spacial score (nSPS) is 15.5. The molecule has 0 amide bonds.